The molecule has 5 heteroatoms. The molecule has 0 aliphatic rings. The van der Waals surface area contributed by atoms with E-state index in [-0.39, 0.29) is 11.5 Å². The molecule has 0 aliphatic carbocycles. The van der Waals surface area contributed by atoms with Crippen molar-refractivity contribution in [3.05, 3.63) is 50.5 Å². The molecule has 0 saturated heterocycles. The van der Waals surface area contributed by atoms with Crippen LogP contribution < -0.4 is 0 Å². The van der Waals surface area contributed by atoms with Gasteiger partial charge in [0.1, 0.15) is 5.69 Å². The summed E-state index contributed by atoms with van der Waals surface area (Å²) in [6.45, 7) is 5.35. The Hall–Kier alpha value is -2.14. The number of aromatic amines is 1. The highest BCUT2D eigenvalue weighted by molar-refractivity contribution is 7.12. The van der Waals surface area contributed by atoms with Crippen LogP contribution in [0.1, 0.15) is 41.9 Å². The average molecular weight is 289 g/mol. The van der Waals surface area contributed by atoms with E-state index in [4.69, 9.17) is 5.11 Å². The Morgan fingerprint density at radius 1 is 1.25 bits per heavy atom. The van der Waals surface area contributed by atoms with Gasteiger partial charge in [-0.3, -0.25) is 4.79 Å². The second kappa shape index (κ2) is 5.46. The van der Waals surface area contributed by atoms with Gasteiger partial charge in [-0.2, -0.15) is 0 Å². The number of hydrogen-bond donors (Lipinski definition) is 2. The first-order chi connectivity index (χ1) is 9.40. The normalized spacial score (nSPS) is 11.2. The average Bonchev–Trinajstić information content (AvgIpc) is 2.91. The number of aryl methyl sites for hydroxylation is 2. The quantitative estimate of drug-likeness (QED) is 0.667. The second-order valence-corrected chi connectivity index (χ2v) is 5.90. The van der Waals surface area contributed by atoms with Gasteiger partial charge in [0.05, 0.1) is 0 Å². The molecule has 0 aromatic carbocycles. The maximum absolute atomic E-state index is 12.2. The first kappa shape index (κ1) is 14.3. The number of hydrogen-bond acceptors (Lipinski definition) is 3. The highest BCUT2D eigenvalue weighted by Gasteiger charge is 2.19. The topological polar surface area (TPSA) is 70.2 Å². The predicted molar refractivity (Wildman–Crippen MR) is 79.6 cm³/mol. The van der Waals surface area contributed by atoms with Crippen LogP contribution in [0.5, 0.6) is 0 Å². The summed E-state index contributed by atoms with van der Waals surface area (Å²) in [5.74, 6) is -1.24. The lowest BCUT2D eigenvalue weighted by Crippen LogP contribution is -2.01. The number of carboxylic acid groups (broad SMARTS) is 1. The van der Waals surface area contributed by atoms with E-state index in [9.17, 15) is 9.59 Å². The molecule has 0 unspecified atom stereocenters. The van der Waals surface area contributed by atoms with Gasteiger partial charge in [0, 0.05) is 21.0 Å². The van der Waals surface area contributed by atoms with E-state index in [0.717, 1.165) is 4.88 Å². The Kier molecular flexibility index (Phi) is 3.90. The van der Waals surface area contributed by atoms with Crippen molar-refractivity contribution in [2.45, 2.75) is 20.8 Å². The van der Waals surface area contributed by atoms with E-state index >= 15 is 0 Å². The second-order valence-electron chi connectivity index (χ2n) is 4.58. The van der Waals surface area contributed by atoms with Gasteiger partial charge < -0.3 is 10.1 Å². The molecule has 0 atom stereocenters. The lowest BCUT2D eigenvalue weighted by Gasteiger charge is -1.96. The number of carbonyl (C=O) groups is 2. The first-order valence-electron chi connectivity index (χ1n) is 6.11. The Labute approximate surface area is 120 Å². The molecule has 0 spiro atoms. The van der Waals surface area contributed by atoms with Gasteiger partial charge >= 0.3 is 5.97 Å². The lowest BCUT2D eigenvalue weighted by atomic mass is 10.1. The van der Waals surface area contributed by atoms with Gasteiger partial charge in [0.25, 0.3) is 0 Å². The smallest absolute Gasteiger partial charge is 0.352 e. The highest BCUT2D eigenvalue weighted by atomic mass is 32.1. The van der Waals surface area contributed by atoms with Crippen molar-refractivity contribution < 1.29 is 14.7 Å². The predicted octanol–water partition coefficient (Wildman–Crippen LogP) is 3.60. The fraction of sp³-hybridized carbons (Fsp3) is 0.200. The molecule has 0 bridgehead atoms. The van der Waals surface area contributed by atoms with Gasteiger partial charge in [-0.1, -0.05) is 0 Å². The molecule has 20 heavy (non-hydrogen) atoms. The third-order valence-corrected chi connectivity index (χ3v) is 4.02. The molecule has 104 valence electrons. The largest absolute Gasteiger partial charge is 0.477 e. The minimum atomic E-state index is -1.05. The van der Waals surface area contributed by atoms with Crippen LogP contribution >= 0.6 is 11.3 Å². The minimum absolute atomic E-state index is 0.0752. The molecule has 0 radical (unpaired) electrons. The Balaban J connectivity index is 2.30. The molecule has 0 fully saturated rings. The standard InChI is InChI=1S/C15H15NO3S/c1-8-4-5-11(20-8)6-7-12(17)13-9(2)14(15(18)19)16-10(13)3/h4-7,16H,1-3H3,(H,18,19)/b7-6+. The summed E-state index contributed by atoms with van der Waals surface area (Å²) >= 11 is 1.60. The lowest BCUT2D eigenvalue weighted by molar-refractivity contribution is 0.0690. The molecule has 0 aliphatic heterocycles. The molecule has 2 rings (SSSR count). The summed E-state index contributed by atoms with van der Waals surface area (Å²) in [6.07, 6.45) is 3.24. The van der Waals surface area contributed by atoms with Gasteiger partial charge in [-0.05, 0) is 50.6 Å². The summed E-state index contributed by atoms with van der Waals surface area (Å²) < 4.78 is 0. The Morgan fingerprint density at radius 3 is 2.45 bits per heavy atom. The fourth-order valence-corrected chi connectivity index (χ4v) is 2.90. The number of H-pyrrole nitrogens is 1. The van der Waals surface area contributed by atoms with E-state index in [1.165, 1.54) is 11.0 Å². The van der Waals surface area contributed by atoms with Crippen molar-refractivity contribution in [2.75, 3.05) is 0 Å². The van der Waals surface area contributed by atoms with Crippen molar-refractivity contribution in [3.8, 4) is 0 Å². The van der Waals surface area contributed by atoms with Crippen molar-refractivity contribution in [3.63, 3.8) is 0 Å². The van der Waals surface area contributed by atoms with E-state index < -0.39 is 5.97 Å². The van der Waals surface area contributed by atoms with Crippen LogP contribution in [0, 0.1) is 20.8 Å². The number of allylic oxidation sites excluding steroid dienone is 1. The fourth-order valence-electron chi connectivity index (χ4n) is 2.12. The monoisotopic (exact) mass is 289 g/mol. The number of rotatable bonds is 4. The first-order valence-corrected chi connectivity index (χ1v) is 6.93. The maximum atomic E-state index is 12.2. The molecule has 2 N–H and O–H groups in total. The number of ketones is 1. The Bertz CT molecular complexity index is 707. The molecule has 0 saturated carbocycles. The third kappa shape index (κ3) is 2.72. The third-order valence-electron chi connectivity index (χ3n) is 3.06. The van der Waals surface area contributed by atoms with Crippen molar-refractivity contribution in [1.29, 1.82) is 0 Å². The zero-order valence-corrected chi connectivity index (χ0v) is 12.3. The summed E-state index contributed by atoms with van der Waals surface area (Å²) in [5.41, 5.74) is 1.57. The van der Waals surface area contributed by atoms with E-state index in [2.05, 4.69) is 4.98 Å². The molecule has 2 aromatic heterocycles. The van der Waals surface area contributed by atoms with E-state index in [0.29, 0.717) is 16.8 Å². The van der Waals surface area contributed by atoms with Crippen LogP contribution in [0.3, 0.4) is 0 Å². The van der Waals surface area contributed by atoms with Gasteiger partial charge in [-0.25, -0.2) is 4.79 Å². The van der Waals surface area contributed by atoms with E-state index in [1.807, 2.05) is 19.1 Å². The summed E-state index contributed by atoms with van der Waals surface area (Å²) in [6, 6.07) is 3.94. The molecular weight excluding hydrogens is 274 g/mol. The van der Waals surface area contributed by atoms with Crippen molar-refractivity contribution in [2.24, 2.45) is 0 Å². The number of carbonyl (C=O) groups excluding carboxylic acids is 1. The van der Waals surface area contributed by atoms with Crippen LogP contribution in [-0.4, -0.2) is 21.8 Å². The number of aromatic nitrogens is 1. The molecule has 0 amide bonds. The summed E-state index contributed by atoms with van der Waals surface area (Å²) in [5, 5.41) is 9.04. The minimum Gasteiger partial charge on any atom is -0.477 e. The number of thiophene rings is 1. The number of carboxylic acids is 1. The maximum Gasteiger partial charge on any atom is 0.352 e. The Morgan fingerprint density at radius 2 is 1.95 bits per heavy atom. The summed E-state index contributed by atoms with van der Waals surface area (Å²) in [4.78, 5) is 28.2. The van der Waals surface area contributed by atoms with Crippen LogP contribution in [0.25, 0.3) is 6.08 Å². The molecule has 2 heterocycles. The molecule has 2 aromatic rings. The van der Waals surface area contributed by atoms with Gasteiger partial charge in [0.15, 0.2) is 5.78 Å². The van der Waals surface area contributed by atoms with Crippen LogP contribution in [0.15, 0.2) is 18.2 Å². The number of nitrogens with one attached hydrogen (secondary N) is 1. The van der Waals surface area contributed by atoms with Crippen LogP contribution in [0.2, 0.25) is 0 Å². The highest BCUT2D eigenvalue weighted by Crippen LogP contribution is 2.21. The SMILES string of the molecule is Cc1ccc(/C=C/C(=O)c2c(C)[nH]c(C(=O)O)c2C)s1. The summed E-state index contributed by atoms with van der Waals surface area (Å²) in [7, 11) is 0. The van der Waals surface area contributed by atoms with Crippen LogP contribution in [0.4, 0.5) is 0 Å². The van der Waals surface area contributed by atoms with Crippen molar-refractivity contribution in [1.82, 2.24) is 4.98 Å². The molecule has 4 nitrogen and oxygen atoms in total. The zero-order chi connectivity index (χ0) is 14.9. The molecular formula is C15H15NO3S. The van der Waals surface area contributed by atoms with Gasteiger partial charge in [0.2, 0.25) is 0 Å². The van der Waals surface area contributed by atoms with Crippen molar-refractivity contribution >= 4 is 29.2 Å². The van der Waals surface area contributed by atoms with Crippen LogP contribution in [-0.2, 0) is 0 Å². The zero-order valence-electron chi connectivity index (χ0n) is 11.5. The van der Waals surface area contributed by atoms with Gasteiger partial charge in [-0.15, -0.1) is 11.3 Å². The number of aromatic carboxylic acids is 1. The van der Waals surface area contributed by atoms with E-state index in [1.54, 1.807) is 31.3 Å².